The smallest absolute Gasteiger partial charge is 0.236 e. The number of rotatable bonds is 7. The van der Waals surface area contributed by atoms with E-state index >= 15 is 0 Å². The summed E-state index contributed by atoms with van der Waals surface area (Å²) in [6, 6.07) is 7.96. The molecule has 1 amide bonds. The van der Waals surface area contributed by atoms with Crippen LogP contribution in [0.4, 0.5) is 0 Å². The molecule has 0 spiro atoms. The molecule has 0 unspecified atom stereocenters. The van der Waals surface area contributed by atoms with Crippen molar-refractivity contribution in [2.75, 3.05) is 33.9 Å². The molecular formula is C13H20BrClN2O2. The summed E-state index contributed by atoms with van der Waals surface area (Å²) in [5, 5.41) is 3.04. The summed E-state index contributed by atoms with van der Waals surface area (Å²) in [5.74, 6) is 0.0751. The number of benzene rings is 1. The average Bonchev–Trinajstić information content (AvgIpc) is 2.34. The van der Waals surface area contributed by atoms with E-state index in [9.17, 15) is 4.79 Å². The van der Waals surface area contributed by atoms with Crippen molar-refractivity contribution in [2.45, 2.75) is 6.54 Å². The van der Waals surface area contributed by atoms with Gasteiger partial charge in [-0.05, 0) is 17.7 Å². The molecule has 0 aromatic heterocycles. The van der Waals surface area contributed by atoms with E-state index in [1.165, 1.54) is 0 Å². The van der Waals surface area contributed by atoms with Crippen molar-refractivity contribution in [3.63, 3.8) is 0 Å². The van der Waals surface area contributed by atoms with Gasteiger partial charge in [0.2, 0.25) is 5.91 Å². The Labute approximate surface area is 129 Å². The summed E-state index contributed by atoms with van der Waals surface area (Å²) in [5.41, 5.74) is 1.11. The molecule has 6 heteroatoms. The Hall–Kier alpha value is -0.620. The minimum atomic E-state index is 0. The van der Waals surface area contributed by atoms with Gasteiger partial charge in [0.1, 0.15) is 0 Å². The highest BCUT2D eigenvalue weighted by Gasteiger charge is 2.08. The summed E-state index contributed by atoms with van der Waals surface area (Å²) in [4.78, 5) is 13.5. The van der Waals surface area contributed by atoms with Crippen LogP contribution in [0.25, 0.3) is 0 Å². The molecule has 0 bridgehead atoms. The summed E-state index contributed by atoms with van der Waals surface area (Å²) in [6.07, 6.45) is 0. The zero-order chi connectivity index (χ0) is 13.4. The first-order valence-corrected chi connectivity index (χ1v) is 6.61. The van der Waals surface area contributed by atoms with Crippen LogP contribution >= 0.6 is 28.3 Å². The van der Waals surface area contributed by atoms with E-state index in [0.29, 0.717) is 26.2 Å². The monoisotopic (exact) mass is 350 g/mol. The first kappa shape index (κ1) is 18.4. The Morgan fingerprint density at radius 3 is 2.84 bits per heavy atom. The van der Waals surface area contributed by atoms with Gasteiger partial charge in [0.15, 0.2) is 0 Å². The standard InChI is InChI=1S/C13H19BrN2O2.ClH/c1-16(13(17)9-15-6-7-18-2)10-11-4-3-5-12(14)8-11;/h3-5,8,15H,6-7,9-10H2,1-2H3;1H. The Morgan fingerprint density at radius 2 is 2.21 bits per heavy atom. The van der Waals surface area contributed by atoms with Gasteiger partial charge in [-0.25, -0.2) is 0 Å². The maximum atomic E-state index is 11.8. The molecule has 1 rings (SSSR count). The van der Waals surface area contributed by atoms with E-state index in [1.807, 2.05) is 24.3 Å². The van der Waals surface area contributed by atoms with E-state index in [0.717, 1.165) is 10.0 Å². The molecule has 0 aliphatic carbocycles. The van der Waals surface area contributed by atoms with Gasteiger partial charge in [-0.3, -0.25) is 4.79 Å². The highest BCUT2D eigenvalue weighted by molar-refractivity contribution is 9.10. The van der Waals surface area contributed by atoms with Gasteiger partial charge >= 0.3 is 0 Å². The predicted molar refractivity (Wildman–Crippen MR) is 82.6 cm³/mol. The zero-order valence-corrected chi connectivity index (χ0v) is 13.6. The van der Waals surface area contributed by atoms with Crippen LogP contribution in [0.3, 0.4) is 0 Å². The third kappa shape index (κ3) is 7.52. The number of halogens is 2. The highest BCUT2D eigenvalue weighted by Crippen LogP contribution is 2.12. The second-order valence-corrected chi connectivity index (χ2v) is 4.96. The number of methoxy groups -OCH3 is 1. The lowest BCUT2D eigenvalue weighted by atomic mass is 10.2. The van der Waals surface area contributed by atoms with Crippen LogP contribution in [0.5, 0.6) is 0 Å². The molecule has 0 heterocycles. The van der Waals surface area contributed by atoms with Gasteiger partial charge in [-0.1, -0.05) is 28.1 Å². The van der Waals surface area contributed by atoms with Crippen LogP contribution in [0.2, 0.25) is 0 Å². The number of nitrogens with one attached hydrogen (secondary N) is 1. The molecule has 19 heavy (non-hydrogen) atoms. The number of likely N-dealkylation sites (N-methyl/N-ethyl adjacent to an activating group) is 1. The lowest BCUT2D eigenvalue weighted by Gasteiger charge is -2.17. The lowest BCUT2D eigenvalue weighted by molar-refractivity contribution is -0.129. The van der Waals surface area contributed by atoms with Gasteiger partial charge in [0.05, 0.1) is 13.2 Å². The number of amides is 1. The molecule has 0 saturated carbocycles. The van der Waals surface area contributed by atoms with E-state index in [2.05, 4.69) is 21.2 Å². The maximum absolute atomic E-state index is 11.8. The fraction of sp³-hybridized carbons (Fsp3) is 0.462. The van der Waals surface area contributed by atoms with E-state index in [4.69, 9.17) is 4.74 Å². The fourth-order valence-corrected chi connectivity index (χ4v) is 1.95. The maximum Gasteiger partial charge on any atom is 0.236 e. The van der Waals surface area contributed by atoms with Crippen LogP contribution < -0.4 is 5.32 Å². The highest BCUT2D eigenvalue weighted by atomic mass is 79.9. The lowest BCUT2D eigenvalue weighted by Crippen LogP contribution is -2.36. The molecule has 0 atom stereocenters. The predicted octanol–water partition coefficient (Wildman–Crippen LogP) is 2.07. The van der Waals surface area contributed by atoms with Crippen LogP contribution in [0.15, 0.2) is 28.7 Å². The number of hydrogen-bond donors (Lipinski definition) is 1. The summed E-state index contributed by atoms with van der Waals surface area (Å²) in [7, 11) is 3.45. The van der Waals surface area contributed by atoms with Crippen LogP contribution in [-0.2, 0) is 16.1 Å². The van der Waals surface area contributed by atoms with Crippen molar-refractivity contribution < 1.29 is 9.53 Å². The van der Waals surface area contributed by atoms with Crippen LogP contribution in [0, 0.1) is 0 Å². The molecule has 0 saturated heterocycles. The summed E-state index contributed by atoms with van der Waals surface area (Å²) >= 11 is 3.42. The first-order valence-electron chi connectivity index (χ1n) is 5.81. The molecule has 1 N–H and O–H groups in total. The van der Waals surface area contributed by atoms with Crippen LogP contribution in [-0.4, -0.2) is 44.7 Å². The van der Waals surface area contributed by atoms with Crippen molar-refractivity contribution >= 4 is 34.2 Å². The Bertz CT molecular complexity index is 391. The second kappa shape index (κ2) is 10.2. The SMILES string of the molecule is COCCNCC(=O)N(C)Cc1cccc(Br)c1.Cl. The van der Waals surface area contributed by atoms with Gasteiger partial charge in [0.25, 0.3) is 0 Å². The van der Waals surface area contributed by atoms with Gasteiger partial charge in [0, 0.05) is 31.7 Å². The van der Waals surface area contributed by atoms with Crippen molar-refractivity contribution in [1.29, 1.82) is 0 Å². The number of nitrogens with zero attached hydrogens (tertiary/aromatic N) is 1. The average molecular weight is 352 g/mol. The minimum Gasteiger partial charge on any atom is -0.383 e. The number of carbonyl (C=O) groups is 1. The molecule has 1 aromatic rings. The van der Waals surface area contributed by atoms with Crippen molar-refractivity contribution in [3.05, 3.63) is 34.3 Å². The Morgan fingerprint density at radius 1 is 1.47 bits per heavy atom. The molecular weight excluding hydrogens is 332 g/mol. The normalized spacial score (nSPS) is 9.84. The summed E-state index contributed by atoms with van der Waals surface area (Å²) in [6.45, 7) is 2.26. The third-order valence-electron chi connectivity index (χ3n) is 2.49. The molecule has 108 valence electrons. The fourth-order valence-electron chi connectivity index (χ4n) is 1.50. The number of carbonyl (C=O) groups excluding carboxylic acids is 1. The quantitative estimate of drug-likeness (QED) is 0.765. The largest absolute Gasteiger partial charge is 0.383 e. The topological polar surface area (TPSA) is 41.6 Å². The third-order valence-corrected chi connectivity index (χ3v) is 2.99. The van der Waals surface area contributed by atoms with Crippen molar-refractivity contribution in [2.24, 2.45) is 0 Å². The number of ether oxygens (including phenoxy) is 1. The zero-order valence-electron chi connectivity index (χ0n) is 11.2. The molecule has 0 fully saturated rings. The summed E-state index contributed by atoms with van der Waals surface area (Å²) < 4.78 is 5.93. The van der Waals surface area contributed by atoms with Gasteiger partial charge < -0.3 is 15.0 Å². The minimum absolute atomic E-state index is 0. The molecule has 4 nitrogen and oxygen atoms in total. The van der Waals surface area contributed by atoms with E-state index in [-0.39, 0.29) is 18.3 Å². The van der Waals surface area contributed by atoms with Crippen molar-refractivity contribution in [3.8, 4) is 0 Å². The van der Waals surface area contributed by atoms with E-state index < -0.39 is 0 Å². The molecule has 1 aromatic carbocycles. The molecule has 0 aliphatic rings. The number of hydrogen-bond acceptors (Lipinski definition) is 3. The molecule has 0 aliphatic heterocycles. The Kier molecular flexibility index (Phi) is 9.87. The molecule has 0 radical (unpaired) electrons. The second-order valence-electron chi connectivity index (χ2n) is 4.05. The van der Waals surface area contributed by atoms with Gasteiger partial charge in [-0.2, -0.15) is 0 Å². The Balaban J connectivity index is 0.00000324. The van der Waals surface area contributed by atoms with Crippen molar-refractivity contribution in [1.82, 2.24) is 10.2 Å². The first-order chi connectivity index (χ1) is 8.63. The van der Waals surface area contributed by atoms with Crippen LogP contribution in [0.1, 0.15) is 5.56 Å². The van der Waals surface area contributed by atoms with E-state index in [1.54, 1.807) is 19.1 Å². The van der Waals surface area contributed by atoms with Gasteiger partial charge in [-0.15, -0.1) is 12.4 Å².